The zero-order valence-corrected chi connectivity index (χ0v) is 20.2. The van der Waals surface area contributed by atoms with Gasteiger partial charge < -0.3 is 24.4 Å². The Morgan fingerprint density at radius 2 is 1.82 bits per heavy atom. The number of unbranched alkanes of at least 4 members (excludes halogenated alkanes) is 1. The van der Waals surface area contributed by atoms with Gasteiger partial charge in [-0.15, -0.1) is 24.0 Å². The molecule has 166 valence electrons. The first kappa shape index (κ1) is 25.9. The molecule has 2 heterocycles. The van der Waals surface area contributed by atoms with Crippen molar-refractivity contribution in [1.82, 2.24) is 15.1 Å². The van der Waals surface area contributed by atoms with E-state index in [-0.39, 0.29) is 24.0 Å². The monoisotopic (exact) mass is 512 g/mol. The van der Waals surface area contributed by atoms with Gasteiger partial charge in [0.05, 0.1) is 19.3 Å². The molecule has 2 aliphatic rings. The van der Waals surface area contributed by atoms with Crippen LogP contribution in [-0.4, -0.2) is 101 Å². The summed E-state index contributed by atoms with van der Waals surface area (Å²) in [6.45, 7) is 12.7. The summed E-state index contributed by atoms with van der Waals surface area (Å²) in [6, 6.07) is 0. The normalized spacial score (nSPS) is 19.5. The predicted molar refractivity (Wildman–Crippen MR) is 125 cm³/mol. The van der Waals surface area contributed by atoms with E-state index in [2.05, 4.69) is 22.0 Å². The molecule has 0 aromatic heterocycles. The van der Waals surface area contributed by atoms with Crippen LogP contribution in [0.2, 0.25) is 0 Å². The van der Waals surface area contributed by atoms with E-state index in [9.17, 15) is 0 Å². The first-order valence-electron chi connectivity index (χ1n) is 10.8. The molecular formula is C20H41IN4O3. The molecule has 0 spiro atoms. The minimum Gasteiger partial charge on any atom is -0.385 e. The summed E-state index contributed by atoms with van der Waals surface area (Å²) < 4.78 is 16.4. The maximum atomic E-state index is 5.96. The average Bonchev–Trinajstić information content (AvgIpc) is 2.71. The average molecular weight is 512 g/mol. The Kier molecular flexibility index (Phi) is 15.4. The van der Waals surface area contributed by atoms with Crippen molar-refractivity contribution >= 4 is 29.9 Å². The topological polar surface area (TPSA) is 58.6 Å². The molecule has 2 aliphatic heterocycles. The molecular weight excluding hydrogens is 471 g/mol. The van der Waals surface area contributed by atoms with Crippen LogP contribution in [0.25, 0.3) is 0 Å². The highest BCUT2D eigenvalue weighted by Crippen LogP contribution is 2.14. The second-order valence-electron chi connectivity index (χ2n) is 7.30. The predicted octanol–water partition coefficient (Wildman–Crippen LogP) is 2.20. The molecule has 0 aromatic carbocycles. The number of hydrogen-bond donors (Lipinski definition) is 1. The van der Waals surface area contributed by atoms with Gasteiger partial charge in [0.2, 0.25) is 0 Å². The number of nitrogens with zero attached hydrogens (tertiary/aromatic N) is 3. The van der Waals surface area contributed by atoms with Crippen LogP contribution in [0.1, 0.15) is 39.0 Å². The van der Waals surface area contributed by atoms with E-state index in [0.29, 0.717) is 6.10 Å². The number of aliphatic imine (C=N–C) groups is 1. The van der Waals surface area contributed by atoms with E-state index in [1.54, 1.807) is 7.11 Å². The minimum absolute atomic E-state index is 0. The van der Waals surface area contributed by atoms with Crippen molar-refractivity contribution < 1.29 is 14.2 Å². The Labute approximate surface area is 188 Å². The van der Waals surface area contributed by atoms with E-state index < -0.39 is 0 Å². The lowest BCUT2D eigenvalue weighted by Gasteiger charge is -2.34. The van der Waals surface area contributed by atoms with Gasteiger partial charge in [0.15, 0.2) is 5.96 Å². The molecule has 1 N–H and O–H groups in total. The Bertz CT molecular complexity index is 401. The highest BCUT2D eigenvalue weighted by Gasteiger charge is 2.21. The quantitative estimate of drug-likeness (QED) is 0.198. The fraction of sp³-hybridized carbons (Fsp3) is 0.950. The van der Waals surface area contributed by atoms with Crippen molar-refractivity contribution in [2.45, 2.75) is 45.1 Å². The number of piperidine rings is 1. The van der Waals surface area contributed by atoms with Gasteiger partial charge in [-0.05, 0) is 45.6 Å². The van der Waals surface area contributed by atoms with Crippen LogP contribution in [-0.2, 0) is 14.2 Å². The summed E-state index contributed by atoms with van der Waals surface area (Å²) in [5, 5.41) is 3.46. The molecule has 0 aliphatic carbocycles. The molecule has 28 heavy (non-hydrogen) atoms. The van der Waals surface area contributed by atoms with Crippen molar-refractivity contribution in [2.75, 3.05) is 79.4 Å². The summed E-state index contributed by atoms with van der Waals surface area (Å²) in [4.78, 5) is 9.75. The summed E-state index contributed by atoms with van der Waals surface area (Å²) in [6.07, 6.45) is 5.87. The van der Waals surface area contributed by atoms with Crippen molar-refractivity contribution in [1.29, 1.82) is 0 Å². The van der Waals surface area contributed by atoms with Crippen LogP contribution < -0.4 is 5.32 Å². The van der Waals surface area contributed by atoms with Gasteiger partial charge in [-0.25, -0.2) is 0 Å². The highest BCUT2D eigenvalue weighted by molar-refractivity contribution is 14.0. The molecule has 2 saturated heterocycles. The molecule has 0 unspecified atom stereocenters. The van der Waals surface area contributed by atoms with Crippen LogP contribution in [0.15, 0.2) is 4.99 Å². The van der Waals surface area contributed by atoms with E-state index in [0.717, 1.165) is 97.3 Å². The lowest BCUT2D eigenvalue weighted by atomic mass is 10.1. The molecule has 0 bridgehead atoms. The van der Waals surface area contributed by atoms with Gasteiger partial charge in [0.1, 0.15) is 0 Å². The van der Waals surface area contributed by atoms with E-state index in [1.807, 2.05) is 0 Å². The van der Waals surface area contributed by atoms with Crippen LogP contribution in [0, 0.1) is 0 Å². The second-order valence-corrected chi connectivity index (χ2v) is 7.30. The Morgan fingerprint density at radius 1 is 1.07 bits per heavy atom. The number of ether oxygens (including phenoxy) is 3. The number of hydrogen-bond acceptors (Lipinski definition) is 5. The number of likely N-dealkylation sites (tertiary alicyclic amines) is 1. The van der Waals surface area contributed by atoms with Gasteiger partial charge in [0, 0.05) is 59.6 Å². The molecule has 0 aromatic rings. The Morgan fingerprint density at radius 3 is 2.50 bits per heavy atom. The van der Waals surface area contributed by atoms with Crippen LogP contribution >= 0.6 is 24.0 Å². The maximum Gasteiger partial charge on any atom is 0.193 e. The summed E-state index contributed by atoms with van der Waals surface area (Å²) in [7, 11) is 1.74. The molecule has 0 saturated carbocycles. The highest BCUT2D eigenvalue weighted by atomic mass is 127. The van der Waals surface area contributed by atoms with Gasteiger partial charge in [-0.3, -0.25) is 9.89 Å². The minimum atomic E-state index is 0. The third-order valence-electron chi connectivity index (χ3n) is 5.17. The van der Waals surface area contributed by atoms with Crippen LogP contribution in [0.3, 0.4) is 0 Å². The number of guanidine groups is 1. The number of rotatable bonds is 11. The first-order chi connectivity index (χ1) is 13.3. The summed E-state index contributed by atoms with van der Waals surface area (Å²) >= 11 is 0. The summed E-state index contributed by atoms with van der Waals surface area (Å²) in [5.41, 5.74) is 0. The zero-order chi connectivity index (χ0) is 19.2. The molecule has 0 atom stereocenters. The lowest BCUT2D eigenvalue weighted by Crippen LogP contribution is -2.47. The molecule has 0 amide bonds. The maximum absolute atomic E-state index is 5.96. The molecule has 8 heteroatoms. The van der Waals surface area contributed by atoms with E-state index >= 15 is 0 Å². The van der Waals surface area contributed by atoms with Gasteiger partial charge >= 0.3 is 0 Å². The smallest absolute Gasteiger partial charge is 0.193 e. The Hall–Kier alpha value is -0.160. The fourth-order valence-electron chi connectivity index (χ4n) is 3.57. The largest absolute Gasteiger partial charge is 0.385 e. The van der Waals surface area contributed by atoms with Crippen molar-refractivity contribution in [3.8, 4) is 0 Å². The second kappa shape index (κ2) is 16.6. The van der Waals surface area contributed by atoms with Crippen molar-refractivity contribution in [2.24, 2.45) is 4.99 Å². The third kappa shape index (κ3) is 10.6. The number of morpholine rings is 1. The molecule has 7 nitrogen and oxygen atoms in total. The van der Waals surface area contributed by atoms with Gasteiger partial charge in [0.25, 0.3) is 0 Å². The standard InChI is InChI=1S/C20H40N4O3.HI/c1-3-21-20(22-9-4-5-10-23-13-17-26-18-14-23)24-11-7-19(8-12-24)27-16-6-15-25-2;/h19H,3-18H2,1-2H3,(H,21,22);1H. The Balaban J connectivity index is 0.00000392. The molecule has 0 radical (unpaired) electrons. The first-order valence-corrected chi connectivity index (χ1v) is 10.8. The van der Waals surface area contributed by atoms with E-state index in [4.69, 9.17) is 19.2 Å². The van der Waals surface area contributed by atoms with E-state index in [1.165, 1.54) is 13.0 Å². The summed E-state index contributed by atoms with van der Waals surface area (Å²) in [5.74, 6) is 1.07. The van der Waals surface area contributed by atoms with Crippen molar-refractivity contribution in [3.05, 3.63) is 0 Å². The van der Waals surface area contributed by atoms with Crippen LogP contribution in [0.5, 0.6) is 0 Å². The molecule has 2 fully saturated rings. The lowest BCUT2D eigenvalue weighted by molar-refractivity contribution is 0.00990. The molecule has 2 rings (SSSR count). The van der Waals surface area contributed by atoms with Gasteiger partial charge in [-0.2, -0.15) is 0 Å². The third-order valence-corrected chi connectivity index (χ3v) is 5.17. The van der Waals surface area contributed by atoms with Crippen LogP contribution in [0.4, 0.5) is 0 Å². The zero-order valence-electron chi connectivity index (χ0n) is 17.9. The number of nitrogens with one attached hydrogen (secondary N) is 1. The fourth-order valence-corrected chi connectivity index (χ4v) is 3.57. The van der Waals surface area contributed by atoms with Gasteiger partial charge in [-0.1, -0.05) is 0 Å². The van der Waals surface area contributed by atoms with Crippen molar-refractivity contribution in [3.63, 3.8) is 0 Å². The number of methoxy groups -OCH3 is 1. The SMILES string of the molecule is CCNC(=NCCCCN1CCOCC1)N1CCC(OCCCOC)CC1.I. The number of halogens is 1.